The molecule has 6 nitrogen and oxygen atoms in total. The van der Waals surface area contributed by atoms with E-state index in [4.69, 9.17) is 27.9 Å². The van der Waals surface area contributed by atoms with Crippen LogP contribution < -0.4 is 10.1 Å². The highest BCUT2D eigenvalue weighted by Gasteiger charge is 2.16. The lowest BCUT2D eigenvalue weighted by molar-refractivity contribution is 0.102. The van der Waals surface area contributed by atoms with E-state index in [1.165, 1.54) is 13.2 Å². The lowest BCUT2D eigenvalue weighted by Crippen LogP contribution is -2.13. The van der Waals surface area contributed by atoms with Crippen molar-refractivity contribution in [3.8, 4) is 22.8 Å². The predicted octanol–water partition coefficient (Wildman–Crippen LogP) is 4.66. The van der Waals surface area contributed by atoms with Gasteiger partial charge in [-0.1, -0.05) is 23.2 Å². The molecule has 0 atom stereocenters. The molecule has 0 saturated heterocycles. The Kier molecular flexibility index (Phi) is 5.06. The molecule has 0 spiro atoms. The molecule has 26 heavy (non-hydrogen) atoms. The summed E-state index contributed by atoms with van der Waals surface area (Å²) in [6, 6.07) is 9.57. The highest BCUT2D eigenvalue weighted by Crippen LogP contribution is 2.33. The number of H-pyrrole nitrogens is 1. The first-order chi connectivity index (χ1) is 12.4. The largest absolute Gasteiger partial charge is 0.507 e. The number of methoxy groups -OCH3 is 1. The van der Waals surface area contributed by atoms with Crippen molar-refractivity contribution in [2.75, 3.05) is 12.4 Å². The summed E-state index contributed by atoms with van der Waals surface area (Å²) in [5.74, 6) is 0.0781. The third-order valence-corrected chi connectivity index (χ3v) is 4.43. The number of ether oxygens (including phenoxy) is 1. The van der Waals surface area contributed by atoms with Crippen LogP contribution in [0.5, 0.6) is 11.5 Å². The topological polar surface area (TPSA) is 87.2 Å². The molecular formula is C18H15Cl2N3O3. The van der Waals surface area contributed by atoms with Gasteiger partial charge in [0.25, 0.3) is 5.91 Å². The Hall–Kier alpha value is -2.70. The second-order valence-corrected chi connectivity index (χ2v) is 6.43. The van der Waals surface area contributed by atoms with Crippen LogP contribution in [0.3, 0.4) is 0 Å². The minimum atomic E-state index is -0.429. The smallest absolute Gasteiger partial charge is 0.273 e. The average molecular weight is 392 g/mol. The zero-order chi connectivity index (χ0) is 18.8. The number of amides is 1. The monoisotopic (exact) mass is 391 g/mol. The van der Waals surface area contributed by atoms with E-state index in [9.17, 15) is 9.90 Å². The maximum Gasteiger partial charge on any atom is 0.273 e. The van der Waals surface area contributed by atoms with Crippen molar-refractivity contribution >= 4 is 34.8 Å². The molecule has 0 bridgehead atoms. The Morgan fingerprint density at radius 2 is 2.00 bits per heavy atom. The first-order valence-corrected chi connectivity index (χ1v) is 8.34. The molecule has 1 amide bonds. The third-order valence-electron chi connectivity index (χ3n) is 3.79. The highest BCUT2D eigenvalue weighted by molar-refractivity contribution is 6.31. The van der Waals surface area contributed by atoms with E-state index in [1.54, 1.807) is 37.3 Å². The van der Waals surface area contributed by atoms with Crippen molar-refractivity contribution in [3.05, 3.63) is 57.7 Å². The summed E-state index contributed by atoms with van der Waals surface area (Å²) in [5, 5.41) is 20.5. The van der Waals surface area contributed by atoms with Crippen molar-refractivity contribution in [2.45, 2.75) is 6.92 Å². The molecule has 0 aliphatic heterocycles. The summed E-state index contributed by atoms with van der Waals surface area (Å²) >= 11 is 12.1. The number of carbonyl (C=O) groups is 1. The fourth-order valence-electron chi connectivity index (χ4n) is 2.41. The van der Waals surface area contributed by atoms with Gasteiger partial charge in [-0.15, -0.1) is 0 Å². The number of hydrogen-bond acceptors (Lipinski definition) is 4. The summed E-state index contributed by atoms with van der Waals surface area (Å²) in [6.45, 7) is 1.79. The molecule has 0 unspecified atom stereocenters. The van der Waals surface area contributed by atoms with E-state index in [0.29, 0.717) is 32.7 Å². The van der Waals surface area contributed by atoms with Gasteiger partial charge >= 0.3 is 0 Å². The zero-order valence-electron chi connectivity index (χ0n) is 13.9. The van der Waals surface area contributed by atoms with Gasteiger partial charge in [0.1, 0.15) is 17.2 Å². The van der Waals surface area contributed by atoms with E-state index in [-0.39, 0.29) is 11.4 Å². The van der Waals surface area contributed by atoms with Crippen LogP contribution in [-0.2, 0) is 0 Å². The van der Waals surface area contributed by atoms with Gasteiger partial charge in [0.05, 0.1) is 18.5 Å². The summed E-state index contributed by atoms with van der Waals surface area (Å²) in [7, 11) is 1.50. The van der Waals surface area contributed by atoms with Crippen molar-refractivity contribution in [2.24, 2.45) is 0 Å². The number of aromatic nitrogens is 2. The van der Waals surface area contributed by atoms with Crippen molar-refractivity contribution in [1.82, 2.24) is 10.2 Å². The molecule has 2 aromatic carbocycles. The number of nitrogens with one attached hydrogen (secondary N) is 2. The SMILES string of the molecule is COc1ccc(Cl)cc1NC(=O)c1cc(-c2cc(Cl)c(C)cc2O)n[nH]1. The van der Waals surface area contributed by atoms with Crippen LogP contribution in [-0.4, -0.2) is 28.3 Å². The minimum absolute atomic E-state index is 0.0295. The fraction of sp³-hybridized carbons (Fsp3) is 0.111. The Labute approximate surface area is 159 Å². The molecule has 134 valence electrons. The van der Waals surface area contributed by atoms with Gasteiger partial charge in [0, 0.05) is 15.6 Å². The van der Waals surface area contributed by atoms with Crippen LogP contribution in [0, 0.1) is 6.92 Å². The van der Waals surface area contributed by atoms with Gasteiger partial charge in [0.2, 0.25) is 0 Å². The first kappa shape index (κ1) is 18.1. The molecule has 0 fully saturated rings. The molecule has 3 aromatic rings. The van der Waals surface area contributed by atoms with Crippen LogP contribution in [0.1, 0.15) is 16.1 Å². The lowest BCUT2D eigenvalue weighted by atomic mass is 10.1. The van der Waals surface area contributed by atoms with E-state index in [1.807, 2.05) is 0 Å². The Balaban J connectivity index is 1.87. The number of rotatable bonds is 4. The van der Waals surface area contributed by atoms with E-state index in [0.717, 1.165) is 5.56 Å². The van der Waals surface area contributed by atoms with Crippen LogP contribution in [0.15, 0.2) is 36.4 Å². The quantitative estimate of drug-likeness (QED) is 0.603. The van der Waals surface area contributed by atoms with Crippen molar-refractivity contribution < 1.29 is 14.6 Å². The summed E-state index contributed by atoms with van der Waals surface area (Å²) in [5.41, 5.74) is 2.21. The van der Waals surface area contributed by atoms with Gasteiger partial charge in [-0.05, 0) is 48.9 Å². The third kappa shape index (κ3) is 3.61. The second kappa shape index (κ2) is 7.27. The second-order valence-electron chi connectivity index (χ2n) is 5.58. The summed E-state index contributed by atoms with van der Waals surface area (Å²) < 4.78 is 5.20. The van der Waals surface area contributed by atoms with Crippen LogP contribution >= 0.6 is 23.2 Å². The van der Waals surface area contributed by atoms with Gasteiger partial charge in [-0.3, -0.25) is 9.89 Å². The molecule has 3 rings (SSSR count). The van der Waals surface area contributed by atoms with Crippen LogP contribution in [0.4, 0.5) is 5.69 Å². The van der Waals surface area contributed by atoms with Gasteiger partial charge in [0.15, 0.2) is 0 Å². The minimum Gasteiger partial charge on any atom is -0.507 e. The molecule has 1 aromatic heterocycles. The number of nitrogens with zero attached hydrogens (tertiary/aromatic N) is 1. The first-order valence-electron chi connectivity index (χ1n) is 7.59. The Morgan fingerprint density at radius 3 is 2.73 bits per heavy atom. The number of aryl methyl sites for hydroxylation is 1. The van der Waals surface area contributed by atoms with Crippen LogP contribution in [0.2, 0.25) is 10.0 Å². The number of benzene rings is 2. The molecule has 8 heteroatoms. The van der Waals surface area contributed by atoms with Gasteiger partial charge in [-0.2, -0.15) is 5.10 Å². The lowest BCUT2D eigenvalue weighted by Gasteiger charge is -2.09. The molecule has 0 aliphatic rings. The standard InChI is InChI=1S/C18H15Cl2N3O3/c1-9-5-16(24)11(7-12(9)20)13-8-15(23-22-13)18(25)21-14-6-10(19)3-4-17(14)26-2/h3-8,24H,1-2H3,(H,21,25)(H,22,23). The number of phenols is 1. The predicted molar refractivity (Wildman–Crippen MR) is 101 cm³/mol. The molecule has 1 heterocycles. The summed E-state index contributed by atoms with van der Waals surface area (Å²) in [4.78, 5) is 12.5. The summed E-state index contributed by atoms with van der Waals surface area (Å²) in [6.07, 6.45) is 0. The molecular weight excluding hydrogens is 377 g/mol. The molecule has 3 N–H and O–H groups in total. The van der Waals surface area contributed by atoms with E-state index in [2.05, 4.69) is 15.5 Å². The normalized spacial score (nSPS) is 10.6. The Bertz CT molecular complexity index is 986. The van der Waals surface area contributed by atoms with Crippen molar-refractivity contribution in [3.63, 3.8) is 0 Å². The number of hydrogen-bond donors (Lipinski definition) is 3. The average Bonchev–Trinajstić information content (AvgIpc) is 3.08. The molecule has 0 radical (unpaired) electrons. The van der Waals surface area contributed by atoms with E-state index >= 15 is 0 Å². The maximum absolute atomic E-state index is 12.5. The number of aromatic amines is 1. The van der Waals surface area contributed by atoms with Crippen molar-refractivity contribution in [1.29, 1.82) is 0 Å². The fourth-order valence-corrected chi connectivity index (χ4v) is 2.75. The molecule has 0 aliphatic carbocycles. The Morgan fingerprint density at radius 1 is 1.23 bits per heavy atom. The number of halogens is 2. The zero-order valence-corrected chi connectivity index (χ0v) is 15.4. The number of carbonyl (C=O) groups excluding carboxylic acids is 1. The maximum atomic E-state index is 12.5. The van der Waals surface area contributed by atoms with Gasteiger partial charge < -0.3 is 15.2 Å². The molecule has 0 saturated carbocycles. The van der Waals surface area contributed by atoms with E-state index < -0.39 is 5.91 Å². The van der Waals surface area contributed by atoms with Crippen LogP contribution in [0.25, 0.3) is 11.3 Å². The number of aromatic hydroxyl groups is 1. The van der Waals surface area contributed by atoms with Gasteiger partial charge in [-0.25, -0.2) is 0 Å². The highest BCUT2D eigenvalue weighted by atomic mass is 35.5. The number of phenolic OH excluding ortho intramolecular Hbond substituents is 1. The number of anilines is 1.